The second-order valence-electron chi connectivity index (χ2n) is 4.17. The van der Waals surface area contributed by atoms with Crippen molar-refractivity contribution in [3.63, 3.8) is 0 Å². The number of carboxylic acids is 1. The summed E-state index contributed by atoms with van der Waals surface area (Å²) in [6, 6.07) is -1.04. The van der Waals surface area contributed by atoms with Crippen LogP contribution in [0.25, 0.3) is 0 Å². The number of alkyl halides is 3. The molecule has 1 unspecified atom stereocenters. The van der Waals surface area contributed by atoms with E-state index in [1.54, 1.807) is 0 Å². The van der Waals surface area contributed by atoms with Crippen LogP contribution in [0.5, 0.6) is 0 Å². The minimum Gasteiger partial charge on any atom is -0.480 e. The Hall–Kier alpha value is -0.490. The zero-order valence-electron chi connectivity index (χ0n) is 7.67. The molecule has 1 saturated carbocycles. The molecule has 1 heterocycles. The van der Waals surface area contributed by atoms with Gasteiger partial charge in [0.05, 0.1) is 6.42 Å². The number of piperidine rings is 1. The lowest BCUT2D eigenvalue weighted by Gasteiger charge is -2.14. The lowest BCUT2D eigenvalue weighted by atomic mass is 9.95. The highest BCUT2D eigenvalue weighted by Gasteiger charge is 2.64. The van der Waals surface area contributed by atoms with E-state index in [2.05, 4.69) is 5.32 Å². The first-order valence-corrected chi connectivity index (χ1v) is 4.38. The van der Waals surface area contributed by atoms with Crippen LogP contribution in [0.1, 0.15) is 19.3 Å². The van der Waals surface area contributed by atoms with Gasteiger partial charge in [0.25, 0.3) is 0 Å². The average molecular weight is 246 g/mol. The number of hydrogen-bond donors (Lipinski definition) is 2. The number of aliphatic carboxylic acids is 1. The summed E-state index contributed by atoms with van der Waals surface area (Å²) < 4.78 is 36.4. The first kappa shape index (κ1) is 12.6. The first-order valence-electron chi connectivity index (χ1n) is 4.38. The molecule has 0 amide bonds. The maximum atomic E-state index is 12.1. The molecule has 3 atom stereocenters. The maximum Gasteiger partial charge on any atom is 0.389 e. The van der Waals surface area contributed by atoms with E-state index in [1.165, 1.54) is 0 Å². The Morgan fingerprint density at radius 2 is 2.07 bits per heavy atom. The molecule has 1 aliphatic carbocycles. The van der Waals surface area contributed by atoms with E-state index in [0.29, 0.717) is 6.42 Å². The van der Waals surface area contributed by atoms with Crippen LogP contribution in [0.2, 0.25) is 0 Å². The number of fused-ring (bicyclic) bond motifs is 1. The number of rotatable bonds is 2. The molecule has 0 bridgehead atoms. The van der Waals surface area contributed by atoms with E-state index in [4.69, 9.17) is 5.11 Å². The molecule has 0 radical (unpaired) electrons. The molecule has 1 saturated heterocycles. The van der Waals surface area contributed by atoms with Crippen molar-refractivity contribution >= 4 is 18.4 Å². The Balaban J connectivity index is 0.00000112. The van der Waals surface area contributed by atoms with E-state index in [1.807, 2.05) is 0 Å². The first-order chi connectivity index (χ1) is 6.32. The monoisotopic (exact) mass is 245 g/mol. The third-order valence-corrected chi connectivity index (χ3v) is 3.05. The lowest BCUT2D eigenvalue weighted by molar-refractivity contribution is -0.149. The van der Waals surface area contributed by atoms with Crippen LogP contribution < -0.4 is 5.32 Å². The van der Waals surface area contributed by atoms with Gasteiger partial charge in [0, 0.05) is 6.04 Å². The van der Waals surface area contributed by atoms with Crippen molar-refractivity contribution in [1.82, 2.24) is 5.32 Å². The molecule has 0 aromatic carbocycles. The topological polar surface area (TPSA) is 49.3 Å². The van der Waals surface area contributed by atoms with Gasteiger partial charge in [-0.1, -0.05) is 0 Å². The number of carboxylic acid groups (broad SMARTS) is 1. The van der Waals surface area contributed by atoms with E-state index >= 15 is 0 Å². The van der Waals surface area contributed by atoms with Gasteiger partial charge in [-0.3, -0.25) is 4.79 Å². The molecular weight excluding hydrogens is 235 g/mol. The highest BCUT2D eigenvalue weighted by Crippen LogP contribution is 2.59. The summed E-state index contributed by atoms with van der Waals surface area (Å²) in [6.45, 7) is 0. The molecule has 2 aliphatic rings. The quantitative estimate of drug-likeness (QED) is 0.776. The summed E-state index contributed by atoms with van der Waals surface area (Å²) >= 11 is 0. The summed E-state index contributed by atoms with van der Waals surface area (Å²) in [5, 5.41) is 11.3. The van der Waals surface area contributed by atoms with Crippen LogP contribution in [0.3, 0.4) is 0 Å². The molecular formula is C8H11ClF3NO2. The molecule has 2 N–H and O–H groups in total. The second kappa shape index (κ2) is 3.52. The summed E-state index contributed by atoms with van der Waals surface area (Å²) in [5.74, 6) is -1.06. The molecule has 2 fully saturated rings. The SMILES string of the molecule is Cl.O=C(O)C1C[C@]2(CC(F)(F)F)C[C@@H]2N1. The highest BCUT2D eigenvalue weighted by atomic mass is 35.5. The predicted octanol–water partition coefficient (Wildman–Crippen LogP) is 1.57. The number of nitrogens with one attached hydrogen (secondary N) is 1. The standard InChI is InChI=1S/C8H10F3NO2.ClH/c9-8(10,11)3-7-1-4(6(13)14)12-5(7)2-7;/h4-5,12H,1-3H2,(H,13,14);1H/t4?,5-,7+;/m0./s1. The van der Waals surface area contributed by atoms with Gasteiger partial charge in [-0.15, -0.1) is 12.4 Å². The van der Waals surface area contributed by atoms with Crippen molar-refractivity contribution in [3.05, 3.63) is 0 Å². The fourth-order valence-electron chi connectivity index (χ4n) is 2.34. The Labute approximate surface area is 90.4 Å². The molecule has 1 aliphatic heterocycles. The van der Waals surface area contributed by atoms with Gasteiger partial charge in [0.2, 0.25) is 0 Å². The van der Waals surface area contributed by atoms with Gasteiger partial charge in [0.15, 0.2) is 0 Å². The third kappa shape index (κ3) is 2.36. The van der Waals surface area contributed by atoms with E-state index in [-0.39, 0.29) is 24.9 Å². The van der Waals surface area contributed by atoms with Crippen molar-refractivity contribution in [3.8, 4) is 0 Å². The Morgan fingerprint density at radius 3 is 2.47 bits per heavy atom. The molecule has 3 nitrogen and oxygen atoms in total. The minimum absolute atomic E-state index is 0. The van der Waals surface area contributed by atoms with E-state index < -0.39 is 30.0 Å². The van der Waals surface area contributed by atoms with Crippen molar-refractivity contribution in [2.24, 2.45) is 5.41 Å². The van der Waals surface area contributed by atoms with E-state index in [9.17, 15) is 18.0 Å². The van der Waals surface area contributed by atoms with Gasteiger partial charge >= 0.3 is 12.1 Å². The van der Waals surface area contributed by atoms with Gasteiger partial charge in [-0.25, -0.2) is 0 Å². The molecule has 7 heteroatoms. The van der Waals surface area contributed by atoms with Crippen molar-refractivity contribution < 1.29 is 23.1 Å². The number of carbonyl (C=O) groups is 1. The van der Waals surface area contributed by atoms with Crippen LogP contribution in [-0.4, -0.2) is 29.3 Å². The average Bonchev–Trinajstić information content (AvgIpc) is 2.48. The Bertz CT molecular complexity index is 284. The molecule has 88 valence electrons. The van der Waals surface area contributed by atoms with Crippen LogP contribution >= 0.6 is 12.4 Å². The summed E-state index contributed by atoms with van der Waals surface area (Å²) in [7, 11) is 0. The van der Waals surface area contributed by atoms with Gasteiger partial charge < -0.3 is 10.4 Å². The molecule has 15 heavy (non-hydrogen) atoms. The second-order valence-corrected chi connectivity index (χ2v) is 4.17. The van der Waals surface area contributed by atoms with Crippen LogP contribution in [0, 0.1) is 5.41 Å². The zero-order valence-corrected chi connectivity index (χ0v) is 8.49. The van der Waals surface area contributed by atoms with Crippen LogP contribution in [0.4, 0.5) is 13.2 Å². The van der Waals surface area contributed by atoms with Gasteiger partial charge in [-0.2, -0.15) is 13.2 Å². The van der Waals surface area contributed by atoms with Gasteiger partial charge in [-0.05, 0) is 18.3 Å². The summed E-state index contributed by atoms with van der Waals surface area (Å²) in [4.78, 5) is 10.5. The Morgan fingerprint density at radius 1 is 1.47 bits per heavy atom. The lowest BCUT2D eigenvalue weighted by Crippen LogP contribution is -2.33. The van der Waals surface area contributed by atoms with Gasteiger partial charge in [0.1, 0.15) is 6.04 Å². The van der Waals surface area contributed by atoms with Crippen molar-refractivity contribution in [1.29, 1.82) is 0 Å². The fraction of sp³-hybridized carbons (Fsp3) is 0.875. The van der Waals surface area contributed by atoms with Crippen LogP contribution in [0.15, 0.2) is 0 Å². The number of halogens is 4. The molecule has 0 spiro atoms. The van der Waals surface area contributed by atoms with Crippen LogP contribution in [-0.2, 0) is 4.79 Å². The molecule has 0 aromatic rings. The normalized spacial score (nSPS) is 38.1. The molecule has 0 aromatic heterocycles. The third-order valence-electron chi connectivity index (χ3n) is 3.05. The predicted molar refractivity (Wildman–Crippen MR) is 47.9 cm³/mol. The summed E-state index contributed by atoms with van der Waals surface area (Å²) in [5.41, 5.74) is -0.818. The minimum atomic E-state index is -4.19. The summed E-state index contributed by atoms with van der Waals surface area (Å²) in [6.07, 6.45) is -4.49. The molecule has 2 rings (SSSR count). The Kier molecular flexibility index (Phi) is 2.95. The largest absolute Gasteiger partial charge is 0.480 e. The smallest absolute Gasteiger partial charge is 0.389 e. The van der Waals surface area contributed by atoms with Crippen molar-refractivity contribution in [2.75, 3.05) is 0 Å². The van der Waals surface area contributed by atoms with Crippen molar-refractivity contribution in [2.45, 2.75) is 37.5 Å². The van der Waals surface area contributed by atoms with E-state index in [0.717, 1.165) is 0 Å². The maximum absolute atomic E-state index is 12.1. The highest BCUT2D eigenvalue weighted by molar-refractivity contribution is 5.85. The fourth-order valence-corrected chi connectivity index (χ4v) is 2.34. The zero-order chi connectivity index (χ0) is 10.6. The number of hydrogen-bond acceptors (Lipinski definition) is 2.